The van der Waals surface area contributed by atoms with Crippen molar-refractivity contribution in [2.75, 3.05) is 0 Å². The number of carbonyl (C=O) groups is 1. The third kappa shape index (κ3) is 5.42. The van der Waals surface area contributed by atoms with Crippen molar-refractivity contribution >= 4 is 5.97 Å². The zero-order valence-corrected chi connectivity index (χ0v) is 8.83. The van der Waals surface area contributed by atoms with Crippen LogP contribution in [-0.4, -0.2) is 24.2 Å². The molecule has 0 saturated carbocycles. The van der Waals surface area contributed by atoms with Crippen molar-refractivity contribution in [3.63, 3.8) is 0 Å². The summed E-state index contributed by atoms with van der Waals surface area (Å²) in [5.74, 6) is -0.265. The first-order valence-electron chi connectivity index (χ1n) is 4.56. The predicted octanol–water partition coefficient (Wildman–Crippen LogP) is 1.49. The average molecular weight is 185 g/mol. The van der Waals surface area contributed by atoms with Gasteiger partial charge in [-0.15, -0.1) is 6.58 Å². The molecule has 0 aromatic rings. The van der Waals surface area contributed by atoms with Gasteiger partial charge in [-0.3, -0.25) is 5.32 Å². The molecule has 1 N–H and O–H groups in total. The highest BCUT2D eigenvalue weighted by atomic mass is 16.5. The van der Waals surface area contributed by atoms with Crippen LogP contribution in [0.3, 0.4) is 0 Å². The van der Waals surface area contributed by atoms with E-state index in [1.165, 1.54) is 0 Å². The van der Waals surface area contributed by atoms with Gasteiger partial charge in [0.1, 0.15) is 6.04 Å². The van der Waals surface area contributed by atoms with E-state index in [2.05, 4.69) is 11.9 Å². The number of hydrogen-bond acceptors (Lipinski definition) is 3. The Labute approximate surface area is 80.2 Å². The summed E-state index contributed by atoms with van der Waals surface area (Å²) in [4.78, 5) is 11.4. The summed E-state index contributed by atoms with van der Waals surface area (Å²) in [6.07, 6.45) is 1.48. The van der Waals surface area contributed by atoms with Crippen molar-refractivity contribution in [3.05, 3.63) is 12.7 Å². The van der Waals surface area contributed by atoms with Crippen LogP contribution in [0, 0.1) is 0 Å². The lowest BCUT2D eigenvalue weighted by molar-refractivity contribution is -0.148. The lowest BCUT2D eigenvalue weighted by Gasteiger charge is -2.17. The molecule has 0 aromatic carbocycles. The minimum atomic E-state index is -0.401. The molecule has 0 radical (unpaired) electrons. The Morgan fingerprint density at radius 1 is 1.38 bits per heavy atom. The van der Waals surface area contributed by atoms with Crippen molar-refractivity contribution < 1.29 is 9.53 Å². The van der Waals surface area contributed by atoms with Gasteiger partial charge in [0.15, 0.2) is 0 Å². The van der Waals surface area contributed by atoms with Crippen LogP contribution < -0.4 is 5.32 Å². The molecular formula is C10H19NO2. The van der Waals surface area contributed by atoms with E-state index in [0.717, 1.165) is 0 Å². The number of carbonyl (C=O) groups excluding carboxylic acids is 1. The SMILES string of the molecule is C=C[C@H](NC(C)C)C(=O)OC(C)C. The van der Waals surface area contributed by atoms with E-state index >= 15 is 0 Å². The molecule has 0 unspecified atom stereocenters. The highest BCUT2D eigenvalue weighted by molar-refractivity contribution is 5.78. The summed E-state index contributed by atoms with van der Waals surface area (Å²) in [6.45, 7) is 11.2. The van der Waals surface area contributed by atoms with Crippen molar-refractivity contribution in [1.29, 1.82) is 0 Å². The molecular weight excluding hydrogens is 166 g/mol. The van der Waals surface area contributed by atoms with Crippen LogP contribution >= 0.6 is 0 Å². The fourth-order valence-corrected chi connectivity index (χ4v) is 0.897. The van der Waals surface area contributed by atoms with Gasteiger partial charge in [-0.1, -0.05) is 6.08 Å². The molecule has 0 spiro atoms. The number of nitrogens with one attached hydrogen (secondary N) is 1. The Morgan fingerprint density at radius 3 is 2.23 bits per heavy atom. The highest BCUT2D eigenvalue weighted by Crippen LogP contribution is 1.97. The second-order valence-electron chi connectivity index (χ2n) is 3.52. The van der Waals surface area contributed by atoms with E-state index in [0.29, 0.717) is 0 Å². The van der Waals surface area contributed by atoms with Crippen molar-refractivity contribution in [3.8, 4) is 0 Å². The molecule has 0 aliphatic carbocycles. The van der Waals surface area contributed by atoms with Gasteiger partial charge < -0.3 is 4.74 Å². The summed E-state index contributed by atoms with van der Waals surface area (Å²) in [5.41, 5.74) is 0. The quantitative estimate of drug-likeness (QED) is 0.521. The largest absolute Gasteiger partial charge is 0.462 e. The third-order valence-corrected chi connectivity index (χ3v) is 1.35. The van der Waals surface area contributed by atoms with Crippen LogP contribution in [0.25, 0.3) is 0 Å². The summed E-state index contributed by atoms with van der Waals surface area (Å²) in [7, 11) is 0. The maximum Gasteiger partial charge on any atom is 0.327 e. The fraction of sp³-hybridized carbons (Fsp3) is 0.700. The molecule has 3 nitrogen and oxygen atoms in total. The molecule has 0 heterocycles. The van der Waals surface area contributed by atoms with E-state index in [4.69, 9.17) is 4.74 Å². The van der Waals surface area contributed by atoms with Gasteiger partial charge in [0.2, 0.25) is 0 Å². The zero-order chi connectivity index (χ0) is 10.4. The molecule has 0 aliphatic rings. The number of esters is 1. The summed E-state index contributed by atoms with van der Waals surface area (Å²) in [5, 5.41) is 3.04. The summed E-state index contributed by atoms with van der Waals surface area (Å²) in [6, 6.07) is -0.162. The maximum atomic E-state index is 11.4. The molecule has 0 aromatic heterocycles. The Hall–Kier alpha value is -0.830. The Kier molecular flexibility index (Phi) is 5.39. The molecule has 1 atom stereocenters. The molecule has 0 bridgehead atoms. The smallest absolute Gasteiger partial charge is 0.327 e. The van der Waals surface area contributed by atoms with Crippen molar-refractivity contribution in [2.24, 2.45) is 0 Å². The summed E-state index contributed by atoms with van der Waals surface area (Å²) < 4.78 is 5.03. The first-order chi connectivity index (χ1) is 5.97. The average Bonchev–Trinajstić information content (AvgIpc) is 1.98. The maximum absolute atomic E-state index is 11.4. The monoisotopic (exact) mass is 185 g/mol. The van der Waals surface area contributed by atoms with E-state index in [9.17, 15) is 4.79 Å². The zero-order valence-electron chi connectivity index (χ0n) is 8.83. The van der Waals surface area contributed by atoms with Crippen LogP contribution in [0.15, 0.2) is 12.7 Å². The van der Waals surface area contributed by atoms with E-state index < -0.39 is 6.04 Å². The number of rotatable bonds is 5. The Balaban J connectivity index is 4.07. The van der Waals surface area contributed by atoms with Crippen LogP contribution in [0.2, 0.25) is 0 Å². The van der Waals surface area contributed by atoms with Crippen molar-refractivity contribution in [1.82, 2.24) is 5.32 Å². The van der Waals surface area contributed by atoms with Gasteiger partial charge in [-0.25, -0.2) is 4.79 Å². The third-order valence-electron chi connectivity index (χ3n) is 1.35. The molecule has 3 heteroatoms. The molecule has 0 fully saturated rings. The molecule has 0 aliphatic heterocycles. The number of ether oxygens (including phenoxy) is 1. The van der Waals surface area contributed by atoms with Crippen LogP contribution in [0.5, 0.6) is 0 Å². The summed E-state index contributed by atoms with van der Waals surface area (Å²) >= 11 is 0. The van der Waals surface area contributed by atoms with Gasteiger partial charge in [0.05, 0.1) is 6.10 Å². The van der Waals surface area contributed by atoms with Gasteiger partial charge in [0, 0.05) is 6.04 Å². The van der Waals surface area contributed by atoms with E-state index in [-0.39, 0.29) is 18.1 Å². The second kappa shape index (κ2) is 5.75. The fourth-order valence-electron chi connectivity index (χ4n) is 0.897. The number of hydrogen-bond donors (Lipinski definition) is 1. The molecule has 0 saturated heterocycles. The van der Waals surface area contributed by atoms with Crippen molar-refractivity contribution in [2.45, 2.75) is 45.9 Å². The Morgan fingerprint density at radius 2 is 1.92 bits per heavy atom. The van der Waals surface area contributed by atoms with E-state index in [1.807, 2.05) is 27.7 Å². The van der Waals surface area contributed by atoms with Gasteiger partial charge in [-0.2, -0.15) is 0 Å². The van der Waals surface area contributed by atoms with Gasteiger partial charge >= 0.3 is 5.97 Å². The minimum absolute atomic E-state index is 0.0797. The normalized spacial score (nSPS) is 13.1. The van der Waals surface area contributed by atoms with Gasteiger partial charge in [0.25, 0.3) is 0 Å². The molecule has 0 amide bonds. The minimum Gasteiger partial charge on any atom is -0.462 e. The lowest BCUT2D eigenvalue weighted by Crippen LogP contribution is -2.41. The molecule has 0 rings (SSSR count). The standard InChI is InChI=1S/C10H19NO2/c1-6-9(11-7(2)3)10(12)13-8(4)5/h6-9,11H,1H2,2-5H3/t9-/m0/s1. The highest BCUT2D eigenvalue weighted by Gasteiger charge is 2.17. The lowest BCUT2D eigenvalue weighted by atomic mass is 10.2. The topological polar surface area (TPSA) is 38.3 Å². The Bertz CT molecular complexity index is 176. The van der Waals surface area contributed by atoms with Crippen LogP contribution in [-0.2, 0) is 9.53 Å². The first-order valence-corrected chi connectivity index (χ1v) is 4.56. The predicted molar refractivity (Wildman–Crippen MR) is 53.5 cm³/mol. The van der Waals surface area contributed by atoms with Gasteiger partial charge in [-0.05, 0) is 27.7 Å². The first kappa shape index (κ1) is 12.2. The van der Waals surface area contributed by atoms with E-state index in [1.54, 1.807) is 6.08 Å². The molecule has 76 valence electrons. The van der Waals surface area contributed by atoms with Crippen LogP contribution in [0.4, 0.5) is 0 Å². The molecule has 13 heavy (non-hydrogen) atoms. The second-order valence-corrected chi connectivity index (χ2v) is 3.52. The van der Waals surface area contributed by atoms with Crippen LogP contribution in [0.1, 0.15) is 27.7 Å².